The van der Waals surface area contributed by atoms with Gasteiger partial charge in [0.05, 0.1) is 12.0 Å². The summed E-state index contributed by atoms with van der Waals surface area (Å²) < 4.78 is 0. The lowest BCUT2D eigenvalue weighted by Crippen LogP contribution is -2.48. The van der Waals surface area contributed by atoms with Gasteiger partial charge in [-0.05, 0) is 19.8 Å². The first kappa shape index (κ1) is 13.2. The maximum Gasteiger partial charge on any atom is 0.246 e. The van der Waals surface area contributed by atoms with Crippen LogP contribution in [0.15, 0.2) is 12.2 Å². The Bertz CT molecular complexity index is 297. The van der Waals surface area contributed by atoms with Crippen LogP contribution in [0, 0.1) is 0 Å². The Hall–Kier alpha value is -1.85. The molecule has 15 heavy (non-hydrogen) atoms. The molecule has 0 bridgehead atoms. The molecule has 0 spiro atoms. The summed E-state index contributed by atoms with van der Waals surface area (Å²) in [5, 5.41) is 22.7. The van der Waals surface area contributed by atoms with E-state index in [0.717, 1.165) is 0 Å². The van der Waals surface area contributed by atoms with Crippen molar-refractivity contribution < 1.29 is 24.6 Å². The predicted molar refractivity (Wildman–Crippen MR) is 46.0 cm³/mol. The Labute approximate surface area is 86.6 Å². The number of carbonyl (C=O) groups is 3. The highest BCUT2D eigenvalue weighted by atomic mass is 16.4. The summed E-state index contributed by atoms with van der Waals surface area (Å²) in [5.74, 6) is -3.57. The van der Waals surface area contributed by atoms with Crippen molar-refractivity contribution in [3.8, 4) is 0 Å². The third-order valence-corrected chi connectivity index (χ3v) is 1.61. The van der Waals surface area contributed by atoms with Gasteiger partial charge in [0.1, 0.15) is 0 Å². The summed E-state index contributed by atoms with van der Waals surface area (Å²) in [5.41, 5.74) is 0.134. The molecule has 0 aliphatic rings. The minimum atomic E-state index is -1.54. The van der Waals surface area contributed by atoms with Crippen molar-refractivity contribution in [2.24, 2.45) is 0 Å². The highest BCUT2D eigenvalue weighted by Gasteiger charge is 2.13. The molecule has 6 heteroatoms. The topological polar surface area (TPSA) is 109 Å². The van der Waals surface area contributed by atoms with Gasteiger partial charge in [0.25, 0.3) is 0 Å². The normalized spacial score (nSPS) is 11.5. The van der Waals surface area contributed by atoms with E-state index in [0.29, 0.717) is 0 Å². The number of amides is 1. The molecule has 1 unspecified atom stereocenters. The molecule has 0 heterocycles. The number of carboxylic acid groups (broad SMARTS) is 2. The van der Waals surface area contributed by atoms with E-state index in [1.165, 1.54) is 6.92 Å². The summed E-state index contributed by atoms with van der Waals surface area (Å²) in [6.07, 6.45) is -0.737. The van der Waals surface area contributed by atoms with Gasteiger partial charge in [0.15, 0.2) is 0 Å². The molecule has 84 valence electrons. The maximum atomic E-state index is 11.0. The molecule has 1 N–H and O–H groups in total. The van der Waals surface area contributed by atoms with Gasteiger partial charge in [-0.2, -0.15) is 0 Å². The molecule has 0 rings (SSSR count). The number of aliphatic carboxylic acids is 2. The van der Waals surface area contributed by atoms with Crippen LogP contribution in [0.1, 0.15) is 19.8 Å². The van der Waals surface area contributed by atoms with E-state index in [9.17, 15) is 24.6 Å². The largest absolute Gasteiger partial charge is 0.550 e. The summed E-state index contributed by atoms with van der Waals surface area (Å²) in [6, 6.07) is -1.34. The van der Waals surface area contributed by atoms with Gasteiger partial charge in [0.2, 0.25) is 5.91 Å². The quantitative estimate of drug-likeness (QED) is 0.484. The van der Waals surface area contributed by atoms with Crippen molar-refractivity contribution in [1.82, 2.24) is 5.32 Å². The molecule has 0 aromatic rings. The van der Waals surface area contributed by atoms with Crippen molar-refractivity contribution in [3.63, 3.8) is 0 Å². The Morgan fingerprint density at radius 3 is 2.20 bits per heavy atom. The zero-order chi connectivity index (χ0) is 12.0. The smallest absolute Gasteiger partial charge is 0.246 e. The molecule has 0 aliphatic carbocycles. The lowest BCUT2D eigenvalue weighted by molar-refractivity contribution is -0.310. The fourth-order valence-corrected chi connectivity index (χ4v) is 0.793. The van der Waals surface area contributed by atoms with Crippen LogP contribution < -0.4 is 15.5 Å². The number of carboxylic acids is 2. The highest BCUT2D eigenvalue weighted by molar-refractivity contribution is 5.94. The minimum Gasteiger partial charge on any atom is -0.550 e. The Morgan fingerprint density at radius 1 is 1.33 bits per heavy atom. The molecule has 0 aromatic heterocycles. The van der Waals surface area contributed by atoms with Gasteiger partial charge >= 0.3 is 0 Å². The predicted octanol–water partition coefficient (Wildman–Crippen LogP) is -2.67. The fraction of sp³-hybridized carbons (Fsp3) is 0.444. The molecule has 0 radical (unpaired) electrons. The number of nitrogens with one attached hydrogen (secondary N) is 1. The standard InChI is InChI=1S/C9H13NO5/c1-5(2)8(13)10-6(9(14)15)3-4-7(11)12/h6H,1,3-4H2,2H3,(H,10,13)(H,11,12)(H,14,15)/p-2. The van der Waals surface area contributed by atoms with E-state index in [2.05, 4.69) is 11.9 Å². The van der Waals surface area contributed by atoms with Crippen LogP contribution in [0.25, 0.3) is 0 Å². The first-order chi connectivity index (χ1) is 6.84. The van der Waals surface area contributed by atoms with Crippen molar-refractivity contribution in [2.45, 2.75) is 25.8 Å². The number of hydrogen-bond donors (Lipinski definition) is 1. The van der Waals surface area contributed by atoms with E-state index in [1.54, 1.807) is 0 Å². The second kappa shape index (κ2) is 5.79. The molecule has 1 atom stereocenters. The lowest BCUT2D eigenvalue weighted by Gasteiger charge is -2.19. The number of rotatable bonds is 6. The number of carbonyl (C=O) groups excluding carboxylic acids is 3. The van der Waals surface area contributed by atoms with Gasteiger partial charge < -0.3 is 25.1 Å². The van der Waals surface area contributed by atoms with Crippen LogP contribution in [0.5, 0.6) is 0 Å². The van der Waals surface area contributed by atoms with E-state index in [-0.39, 0.29) is 12.0 Å². The van der Waals surface area contributed by atoms with Gasteiger partial charge in [0, 0.05) is 11.5 Å². The van der Waals surface area contributed by atoms with Gasteiger partial charge in [-0.25, -0.2) is 0 Å². The van der Waals surface area contributed by atoms with Crippen molar-refractivity contribution in [2.75, 3.05) is 0 Å². The lowest BCUT2D eigenvalue weighted by atomic mass is 10.1. The summed E-state index contributed by atoms with van der Waals surface area (Å²) in [6.45, 7) is 4.71. The molecular formula is C9H11NO5-2. The average molecular weight is 213 g/mol. The Kier molecular flexibility index (Phi) is 5.08. The van der Waals surface area contributed by atoms with Crippen LogP contribution in [-0.2, 0) is 14.4 Å². The molecule has 0 aliphatic heterocycles. The highest BCUT2D eigenvalue weighted by Crippen LogP contribution is 1.97. The molecule has 0 saturated carbocycles. The summed E-state index contributed by atoms with van der Waals surface area (Å²) in [4.78, 5) is 31.6. The van der Waals surface area contributed by atoms with Crippen LogP contribution in [0.2, 0.25) is 0 Å². The fourth-order valence-electron chi connectivity index (χ4n) is 0.793. The van der Waals surface area contributed by atoms with E-state index in [4.69, 9.17) is 0 Å². The zero-order valence-corrected chi connectivity index (χ0v) is 8.24. The maximum absolute atomic E-state index is 11.0. The second-order valence-electron chi connectivity index (χ2n) is 3.04. The molecule has 0 aromatic carbocycles. The Morgan fingerprint density at radius 2 is 1.87 bits per heavy atom. The van der Waals surface area contributed by atoms with Gasteiger partial charge in [-0.3, -0.25) is 4.79 Å². The zero-order valence-electron chi connectivity index (χ0n) is 8.24. The third-order valence-electron chi connectivity index (χ3n) is 1.61. The Balaban J connectivity index is 4.28. The SMILES string of the molecule is C=C(C)C(=O)NC(CCC(=O)[O-])C(=O)[O-]. The van der Waals surface area contributed by atoms with Crippen molar-refractivity contribution in [3.05, 3.63) is 12.2 Å². The molecule has 6 nitrogen and oxygen atoms in total. The third kappa shape index (κ3) is 5.45. The monoisotopic (exact) mass is 213 g/mol. The first-order valence-corrected chi connectivity index (χ1v) is 4.21. The van der Waals surface area contributed by atoms with E-state index >= 15 is 0 Å². The molecule has 0 fully saturated rings. The van der Waals surface area contributed by atoms with Crippen LogP contribution in [-0.4, -0.2) is 23.9 Å². The van der Waals surface area contributed by atoms with Gasteiger partial charge in [-0.1, -0.05) is 6.58 Å². The number of hydrogen-bond acceptors (Lipinski definition) is 5. The van der Waals surface area contributed by atoms with Crippen LogP contribution in [0.4, 0.5) is 0 Å². The summed E-state index contributed by atoms with van der Waals surface area (Å²) >= 11 is 0. The van der Waals surface area contributed by atoms with Gasteiger partial charge in [-0.15, -0.1) is 0 Å². The average Bonchev–Trinajstić information content (AvgIpc) is 2.10. The van der Waals surface area contributed by atoms with E-state index < -0.39 is 30.3 Å². The molecular weight excluding hydrogens is 202 g/mol. The van der Waals surface area contributed by atoms with Crippen molar-refractivity contribution >= 4 is 17.8 Å². The summed E-state index contributed by atoms with van der Waals surface area (Å²) in [7, 11) is 0. The van der Waals surface area contributed by atoms with Crippen LogP contribution >= 0.6 is 0 Å². The first-order valence-electron chi connectivity index (χ1n) is 4.21. The molecule has 0 saturated heterocycles. The minimum absolute atomic E-state index is 0.134. The van der Waals surface area contributed by atoms with Crippen molar-refractivity contribution in [1.29, 1.82) is 0 Å². The second-order valence-corrected chi connectivity index (χ2v) is 3.04. The van der Waals surface area contributed by atoms with E-state index in [1.807, 2.05) is 0 Å². The van der Waals surface area contributed by atoms with Crippen LogP contribution in [0.3, 0.4) is 0 Å². The molecule has 1 amide bonds.